The maximum atomic E-state index is 11.5. The van der Waals surface area contributed by atoms with Crippen molar-refractivity contribution in [2.45, 2.75) is 0 Å². The summed E-state index contributed by atoms with van der Waals surface area (Å²) in [5.74, 6) is 1.60. The Morgan fingerprint density at radius 1 is 0.654 bits per heavy atom. The normalized spacial score (nSPS) is 11.7. The molecule has 4 aromatic carbocycles. The van der Waals surface area contributed by atoms with Crippen LogP contribution >= 0.6 is 0 Å². The molecule has 0 radical (unpaired) electrons. The van der Waals surface area contributed by atoms with E-state index in [1.54, 1.807) is 12.1 Å². The molecule has 0 aromatic heterocycles. The van der Waals surface area contributed by atoms with Crippen LogP contribution in [0.25, 0.3) is 33.0 Å². The van der Waals surface area contributed by atoms with E-state index in [9.17, 15) is 10.1 Å². The average molecular weight is 339 g/mol. The fourth-order valence-electron chi connectivity index (χ4n) is 3.67. The van der Waals surface area contributed by atoms with Crippen LogP contribution in [0.5, 0.6) is 11.5 Å². The lowest BCUT2D eigenvalue weighted by atomic mass is 9.89. The molecule has 4 heteroatoms. The maximum absolute atomic E-state index is 11.5. The van der Waals surface area contributed by atoms with Crippen LogP contribution in [-0.4, -0.2) is 4.92 Å². The monoisotopic (exact) mass is 339 g/mol. The third-order valence-electron chi connectivity index (χ3n) is 4.79. The number of nitro benzene ring substituents is 1. The van der Waals surface area contributed by atoms with Crippen molar-refractivity contribution in [1.29, 1.82) is 0 Å². The van der Waals surface area contributed by atoms with Crippen LogP contribution < -0.4 is 4.74 Å². The van der Waals surface area contributed by atoms with Crippen LogP contribution in [0.3, 0.4) is 0 Å². The Morgan fingerprint density at radius 3 is 2.19 bits per heavy atom. The molecule has 0 fully saturated rings. The molecule has 124 valence electrons. The zero-order valence-electron chi connectivity index (χ0n) is 13.7. The van der Waals surface area contributed by atoms with Crippen molar-refractivity contribution in [2.75, 3.05) is 0 Å². The highest BCUT2D eigenvalue weighted by atomic mass is 16.6. The Hall–Kier alpha value is -3.66. The van der Waals surface area contributed by atoms with Crippen LogP contribution in [0, 0.1) is 10.1 Å². The van der Waals surface area contributed by atoms with E-state index in [2.05, 4.69) is 0 Å². The first kappa shape index (κ1) is 14.7. The van der Waals surface area contributed by atoms with E-state index in [-0.39, 0.29) is 10.6 Å². The number of para-hydroxylation sites is 2. The Morgan fingerprint density at radius 2 is 1.35 bits per heavy atom. The zero-order valence-corrected chi connectivity index (χ0v) is 13.7. The number of hydrogen-bond acceptors (Lipinski definition) is 3. The molecule has 1 heterocycles. The Balaban J connectivity index is 1.86. The molecule has 0 saturated heterocycles. The standard InChI is InChI=1S/C22H13NO3/c24-23(25)19-9-3-1-6-15(19)14-12-13-18-16-7-2-4-10-20(16)26-21-11-5-8-17(14)22(18)21/h1-13H. The second-order valence-corrected chi connectivity index (χ2v) is 6.21. The van der Waals surface area contributed by atoms with Gasteiger partial charge in [0.15, 0.2) is 0 Å². The van der Waals surface area contributed by atoms with E-state index in [0.717, 1.165) is 39.0 Å². The summed E-state index contributed by atoms with van der Waals surface area (Å²) in [7, 11) is 0. The molecule has 26 heavy (non-hydrogen) atoms. The van der Waals surface area contributed by atoms with E-state index < -0.39 is 0 Å². The summed E-state index contributed by atoms with van der Waals surface area (Å²) in [6.07, 6.45) is 0. The number of benzene rings is 4. The summed E-state index contributed by atoms with van der Waals surface area (Å²) in [5.41, 5.74) is 3.66. The summed E-state index contributed by atoms with van der Waals surface area (Å²) in [4.78, 5) is 11.1. The van der Waals surface area contributed by atoms with Crippen LogP contribution in [0.4, 0.5) is 5.69 Å². The van der Waals surface area contributed by atoms with Gasteiger partial charge in [-0.3, -0.25) is 10.1 Å². The molecule has 1 aliphatic heterocycles. The van der Waals surface area contributed by atoms with Crippen molar-refractivity contribution < 1.29 is 9.66 Å². The number of fused-ring (bicyclic) bond motifs is 2. The first-order valence-electron chi connectivity index (χ1n) is 8.31. The van der Waals surface area contributed by atoms with Crippen molar-refractivity contribution in [2.24, 2.45) is 0 Å². The summed E-state index contributed by atoms with van der Waals surface area (Å²) < 4.78 is 6.08. The lowest BCUT2D eigenvalue weighted by Crippen LogP contribution is -1.98. The molecule has 0 aliphatic carbocycles. The van der Waals surface area contributed by atoms with Gasteiger partial charge < -0.3 is 4.74 Å². The predicted octanol–water partition coefficient (Wildman–Crippen LogP) is 6.19. The second-order valence-electron chi connectivity index (χ2n) is 6.21. The molecule has 0 saturated carbocycles. The van der Waals surface area contributed by atoms with Gasteiger partial charge >= 0.3 is 0 Å². The Kier molecular flexibility index (Phi) is 3.06. The van der Waals surface area contributed by atoms with Crippen LogP contribution in [-0.2, 0) is 0 Å². The number of hydrogen-bond donors (Lipinski definition) is 0. The summed E-state index contributed by atoms with van der Waals surface area (Å²) >= 11 is 0. The second kappa shape index (κ2) is 5.43. The number of ether oxygens (including phenoxy) is 1. The SMILES string of the molecule is O=[N+]([O-])c1ccccc1-c1ccc2c3c(cccc13)Oc1ccccc1-2. The molecule has 5 rings (SSSR count). The minimum Gasteiger partial charge on any atom is -0.456 e. The van der Waals surface area contributed by atoms with Gasteiger partial charge in [-0.2, -0.15) is 0 Å². The molecular weight excluding hydrogens is 326 g/mol. The predicted molar refractivity (Wildman–Crippen MR) is 102 cm³/mol. The molecule has 0 unspecified atom stereocenters. The average Bonchev–Trinajstić information content (AvgIpc) is 2.68. The fourth-order valence-corrected chi connectivity index (χ4v) is 3.67. The topological polar surface area (TPSA) is 52.4 Å². The van der Waals surface area contributed by atoms with E-state index in [1.165, 1.54) is 6.07 Å². The van der Waals surface area contributed by atoms with Gasteiger partial charge in [0.05, 0.1) is 10.5 Å². The van der Waals surface area contributed by atoms with E-state index >= 15 is 0 Å². The van der Waals surface area contributed by atoms with Gasteiger partial charge in [-0.15, -0.1) is 0 Å². The summed E-state index contributed by atoms with van der Waals surface area (Å²) in [6, 6.07) is 24.6. The highest BCUT2D eigenvalue weighted by Gasteiger charge is 2.23. The number of nitro groups is 1. The molecule has 0 amide bonds. The van der Waals surface area contributed by atoms with E-state index in [1.807, 2.05) is 60.7 Å². The van der Waals surface area contributed by atoms with E-state index in [4.69, 9.17) is 4.74 Å². The molecule has 1 aliphatic rings. The lowest BCUT2D eigenvalue weighted by Gasteiger charge is -2.22. The van der Waals surface area contributed by atoms with Gasteiger partial charge in [0.1, 0.15) is 11.5 Å². The maximum Gasteiger partial charge on any atom is 0.277 e. The van der Waals surface area contributed by atoms with Crippen LogP contribution in [0.1, 0.15) is 0 Å². The van der Waals surface area contributed by atoms with Crippen molar-refractivity contribution in [3.63, 3.8) is 0 Å². The molecular formula is C22H13NO3. The quantitative estimate of drug-likeness (QED) is 0.285. The third kappa shape index (κ3) is 2.02. The fraction of sp³-hybridized carbons (Fsp3) is 0. The number of nitrogens with zero attached hydrogens (tertiary/aromatic N) is 1. The van der Waals surface area contributed by atoms with Crippen molar-refractivity contribution >= 4 is 16.5 Å². The first-order chi connectivity index (χ1) is 12.7. The third-order valence-corrected chi connectivity index (χ3v) is 4.79. The van der Waals surface area contributed by atoms with Crippen molar-refractivity contribution in [1.82, 2.24) is 0 Å². The van der Waals surface area contributed by atoms with Crippen LogP contribution in [0.2, 0.25) is 0 Å². The van der Waals surface area contributed by atoms with Gasteiger partial charge in [0.2, 0.25) is 0 Å². The minimum absolute atomic E-state index is 0.102. The largest absolute Gasteiger partial charge is 0.456 e. The molecule has 0 atom stereocenters. The Bertz CT molecular complexity index is 1200. The minimum atomic E-state index is -0.337. The van der Waals surface area contributed by atoms with Crippen molar-refractivity contribution in [3.05, 3.63) is 89.0 Å². The Labute approximate surface area is 149 Å². The highest BCUT2D eigenvalue weighted by molar-refractivity contribution is 6.10. The van der Waals surface area contributed by atoms with Crippen LogP contribution in [0.15, 0.2) is 78.9 Å². The number of rotatable bonds is 2. The summed E-state index contributed by atoms with van der Waals surface area (Å²) in [5, 5.41) is 13.4. The summed E-state index contributed by atoms with van der Waals surface area (Å²) in [6.45, 7) is 0. The molecule has 4 nitrogen and oxygen atoms in total. The zero-order chi connectivity index (χ0) is 17.7. The van der Waals surface area contributed by atoms with Gasteiger partial charge in [-0.1, -0.05) is 54.6 Å². The van der Waals surface area contributed by atoms with Gasteiger partial charge in [0, 0.05) is 17.0 Å². The molecule has 0 N–H and O–H groups in total. The highest BCUT2D eigenvalue weighted by Crippen LogP contribution is 2.48. The van der Waals surface area contributed by atoms with Gasteiger partial charge in [-0.25, -0.2) is 0 Å². The van der Waals surface area contributed by atoms with E-state index in [0.29, 0.717) is 5.56 Å². The first-order valence-corrected chi connectivity index (χ1v) is 8.31. The van der Waals surface area contributed by atoms with Gasteiger partial charge in [0.25, 0.3) is 5.69 Å². The lowest BCUT2D eigenvalue weighted by molar-refractivity contribution is -0.384. The van der Waals surface area contributed by atoms with Crippen molar-refractivity contribution in [3.8, 4) is 33.8 Å². The molecule has 4 aromatic rings. The smallest absolute Gasteiger partial charge is 0.277 e. The molecule has 0 spiro atoms. The molecule has 0 bridgehead atoms. The van der Waals surface area contributed by atoms with Gasteiger partial charge in [-0.05, 0) is 34.7 Å².